The second kappa shape index (κ2) is 10.9. The number of ether oxygens (including phenoxy) is 3. The van der Waals surface area contributed by atoms with Crippen LogP contribution in [0, 0.1) is 0 Å². The quantitative estimate of drug-likeness (QED) is 0.219. The Hall–Kier alpha value is -3.13. The standard InChI is InChI=1S/C20H23N3O4S/c1-3-11-26-16-8-6-15(7-9-16)19(24)27-17-10-5-14(12-18(17)25-4-2)13-22-23-20(21)28/h5-10,12-13H,3-4,11H2,1-2H3,(H3,21,23,28)/b22-13-. The molecule has 0 aromatic heterocycles. The van der Waals surface area contributed by atoms with Crippen LogP contribution >= 0.6 is 12.2 Å². The third-order valence-electron chi connectivity index (χ3n) is 3.42. The number of benzene rings is 2. The Morgan fingerprint density at radius 1 is 1.14 bits per heavy atom. The summed E-state index contributed by atoms with van der Waals surface area (Å²) in [6.45, 7) is 4.92. The number of hydrazone groups is 1. The predicted octanol–water partition coefficient (Wildman–Crippen LogP) is 3.26. The summed E-state index contributed by atoms with van der Waals surface area (Å²) in [6, 6.07) is 11.9. The van der Waals surface area contributed by atoms with E-state index < -0.39 is 5.97 Å². The molecule has 2 aromatic carbocycles. The molecular weight excluding hydrogens is 378 g/mol. The van der Waals surface area contributed by atoms with Crippen LogP contribution < -0.4 is 25.4 Å². The number of nitrogens with two attached hydrogens (primary N) is 1. The Balaban J connectivity index is 2.11. The largest absolute Gasteiger partial charge is 0.494 e. The number of thiocarbonyl (C=S) groups is 1. The highest BCUT2D eigenvalue weighted by Gasteiger charge is 2.13. The molecule has 0 bridgehead atoms. The second-order valence-electron chi connectivity index (χ2n) is 5.64. The molecule has 0 spiro atoms. The number of rotatable bonds is 9. The number of hydrogen-bond acceptors (Lipinski definition) is 6. The van der Waals surface area contributed by atoms with Gasteiger partial charge in [0.1, 0.15) is 5.75 Å². The van der Waals surface area contributed by atoms with Crippen molar-refractivity contribution < 1.29 is 19.0 Å². The minimum Gasteiger partial charge on any atom is -0.494 e. The molecule has 0 amide bonds. The van der Waals surface area contributed by atoms with Gasteiger partial charge in [-0.05, 0) is 73.6 Å². The van der Waals surface area contributed by atoms with Crippen molar-refractivity contribution in [2.24, 2.45) is 10.8 Å². The van der Waals surface area contributed by atoms with Crippen molar-refractivity contribution in [3.8, 4) is 17.2 Å². The number of esters is 1. The zero-order chi connectivity index (χ0) is 20.4. The molecule has 8 heteroatoms. The highest BCUT2D eigenvalue weighted by molar-refractivity contribution is 7.80. The first-order valence-electron chi connectivity index (χ1n) is 8.83. The normalized spacial score (nSPS) is 10.5. The van der Waals surface area contributed by atoms with Crippen molar-refractivity contribution in [1.82, 2.24) is 5.43 Å². The second-order valence-corrected chi connectivity index (χ2v) is 6.08. The third kappa shape index (κ3) is 6.55. The number of nitrogens with zero attached hydrogens (tertiary/aromatic N) is 1. The highest BCUT2D eigenvalue weighted by Crippen LogP contribution is 2.29. The third-order valence-corrected chi connectivity index (χ3v) is 3.51. The monoisotopic (exact) mass is 401 g/mol. The summed E-state index contributed by atoms with van der Waals surface area (Å²) in [4.78, 5) is 12.4. The number of nitrogens with one attached hydrogen (secondary N) is 1. The van der Waals surface area contributed by atoms with Crippen LogP contribution in [-0.2, 0) is 0 Å². The molecule has 2 aromatic rings. The topological polar surface area (TPSA) is 95.2 Å². The van der Waals surface area contributed by atoms with Gasteiger partial charge in [0.15, 0.2) is 16.6 Å². The van der Waals surface area contributed by atoms with Crippen molar-refractivity contribution in [3.05, 3.63) is 53.6 Å². The van der Waals surface area contributed by atoms with Crippen molar-refractivity contribution in [3.63, 3.8) is 0 Å². The van der Waals surface area contributed by atoms with Gasteiger partial charge in [-0.15, -0.1) is 0 Å². The Morgan fingerprint density at radius 3 is 2.54 bits per heavy atom. The first kappa shape index (κ1) is 21.2. The smallest absolute Gasteiger partial charge is 0.343 e. The van der Waals surface area contributed by atoms with E-state index in [-0.39, 0.29) is 5.11 Å². The predicted molar refractivity (Wildman–Crippen MR) is 112 cm³/mol. The van der Waals surface area contributed by atoms with Crippen molar-refractivity contribution in [2.75, 3.05) is 13.2 Å². The first-order chi connectivity index (χ1) is 13.5. The molecule has 0 aliphatic carbocycles. The van der Waals surface area contributed by atoms with Crippen LogP contribution in [0.4, 0.5) is 0 Å². The summed E-state index contributed by atoms with van der Waals surface area (Å²) >= 11 is 4.68. The lowest BCUT2D eigenvalue weighted by atomic mass is 10.2. The molecule has 0 radical (unpaired) electrons. The average molecular weight is 401 g/mol. The lowest BCUT2D eigenvalue weighted by Gasteiger charge is -2.11. The summed E-state index contributed by atoms with van der Waals surface area (Å²) in [5, 5.41) is 3.96. The lowest BCUT2D eigenvalue weighted by Crippen LogP contribution is -2.23. The molecule has 2 rings (SSSR count). The minimum atomic E-state index is -0.487. The molecule has 0 atom stereocenters. The van der Waals surface area contributed by atoms with Crippen LogP contribution in [0.3, 0.4) is 0 Å². The first-order valence-corrected chi connectivity index (χ1v) is 9.24. The fourth-order valence-electron chi connectivity index (χ4n) is 2.19. The van der Waals surface area contributed by atoms with Crippen LogP contribution in [0.1, 0.15) is 36.2 Å². The maximum atomic E-state index is 12.4. The van der Waals surface area contributed by atoms with E-state index in [4.69, 9.17) is 19.9 Å². The van der Waals surface area contributed by atoms with Gasteiger partial charge < -0.3 is 19.9 Å². The van der Waals surface area contributed by atoms with Gasteiger partial charge in [0.25, 0.3) is 0 Å². The Kier molecular flexibility index (Phi) is 8.23. The number of carbonyl (C=O) groups is 1. The van der Waals surface area contributed by atoms with E-state index >= 15 is 0 Å². The van der Waals surface area contributed by atoms with Crippen LogP contribution in [0.15, 0.2) is 47.6 Å². The molecule has 0 fully saturated rings. The molecule has 0 saturated carbocycles. The van der Waals surface area contributed by atoms with E-state index in [1.165, 1.54) is 6.21 Å². The van der Waals surface area contributed by atoms with Gasteiger partial charge in [0, 0.05) is 0 Å². The van der Waals surface area contributed by atoms with Crippen molar-refractivity contribution in [2.45, 2.75) is 20.3 Å². The van der Waals surface area contributed by atoms with Gasteiger partial charge in [-0.3, -0.25) is 5.43 Å². The highest BCUT2D eigenvalue weighted by atomic mass is 32.1. The van der Waals surface area contributed by atoms with Gasteiger partial charge >= 0.3 is 5.97 Å². The van der Waals surface area contributed by atoms with Gasteiger partial charge in [-0.2, -0.15) is 5.10 Å². The van der Waals surface area contributed by atoms with Crippen LogP contribution in [0.2, 0.25) is 0 Å². The average Bonchev–Trinajstić information content (AvgIpc) is 2.68. The number of hydrogen-bond donors (Lipinski definition) is 2. The fourth-order valence-corrected chi connectivity index (χ4v) is 2.25. The lowest BCUT2D eigenvalue weighted by molar-refractivity contribution is 0.0728. The van der Waals surface area contributed by atoms with Gasteiger partial charge in [0.05, 0.1) is 25.0 Å². The van der Waals surface area contributed by atoms with E-state index in [0.29, 0.717) is 36.0 Å². The zero-order valence-electron chi connectivity index (χ0n) is 15.8. The van der Waals surface area contributed by atoms with E-state index in [9.17, 15) is 4.79 Å². The summed E-state index contributed by atoms with van der Waals surface area (Å²) in [6.07, 6.45) is 2.45. The maximum absolute atomic E-state index is 12.4. The van der Waals surface area contributed by atoms with Crippen molar-refractivity contribution in [1.29, 1.82) is 0 Å². The molecule has 3 N–H and O–H groups in total. The summed E-state index contributed by atoms with van der Waals surface area (Å²) in [7, 11) is 0. The van der Waals surface area contributed by atoms with Gasteiger partial charge in [-0.1, -0.05) is 6.92 Å². The Bertz CT molecular complexity index is 838. The van der Waals surface area contributed by atoms with Gasteiger partial charge in [-0.25, -0.2) is 4.79 Å². The van der Waals surface area contributed by atoms with E-state index in [1.807, 2.05) is 13.8 Å². The fraction of sp³-hybridized carbons (Fsp3) is 0.250. The van der Waals surface area contributed by atoms with Crippen LogP contribution in [0.25, 0.3) is 0 Å². The minimum absolute atomic E-state index is 0.0675. The maximum Gasteiger partial charge on any atom is 0.343 e. The SMILES string of the molecule is CCCOc1ccc(C(=O)Oc2ccc(/C=N\NC(N)=S)cc2OCC)cc1. The Morgan fingerprint density at radius 2 is 1.89 bits per heavy atom. The Labute approximate surface area is 169 Å². The summed E-state index contributed by atoms with van der Waals surface area (Å²) in [5.74, 6) is 0.970. The molecule has 0 unspecified atom stereocenters. The number of carbonyl (C=O) groups excluding carboxylic acids is 1. The molecule has 0 heterocycles. The van der Waals surface area contributed by atoms with E-state index in [1.54, 1.807) is 42.5 Å². The van der Waals surface area contributed by atoms with E-state index in [2.05, 4.69) is 22.7 Å². The summed E-state index contributed by atoms with van der Waals surface area (Å²) in [5.41, 5.74) is 8.93. The molecular formula is C20H23N3O4S. The van der Waals surface area contributed by atoms with Crippen molar-refractivity contribution >= 4 is 29.5 Å². The van der Waals surface area contributed by atoms with Crippen LogP contribution in [-0.4, -0.2) is 30.5 Å². The molecule has 0 aliphatic rings. The summed E-state index contributed by atoms with van der Waals surface area (Å²) < 4.78 is 16.6. The molecule has 28 heavy (non-hydrogen) atoms. The molecule has 148 valence electrons. The molecule has 0 saturated heterocycles. The molecule has 0 aliphatic heterocycles. The van der Waals surface area contributed by atoms with E-state index in [0.717, 1.165) is 12.0 Å². The molecule has 7 nitrogen and oxygen atoms in total. The zero-order valence-corrected chi connectivity index (χ0v) is 16.6. The van der Waals surface area contributed by atoms with Gasteiger partial charge in [0.2, 0.25) is 0 Å². The van der Waals surface area contributed by atoms with Crippen LogP contribution in [0.5, 0.6) is 17.2 Å².